The van der Waals surface area contributed by atoms with E-state index in [4.69, 9.17) is 0 Å². The van der Waals surface area contributed by atoms with Gasteiger partial charge in [0.1, 0.15) is 0 Å². The summed E-state index contributed by atoms with van der Waals surface area (Å²) in [4.78, 5) is 17.2. The average molecular weight is 287 g/mol. The Morgan fingerprint density at radius 2 is 1.76 bits per heavy atom. The van der Waals surface area contributed by atoms with Crippen LogP contribution in [-0.4, -0.2) is 54.0 Å². The summed E-state index contributed by atoms with van der Waals surface area (Å²) in [6, 6.07) is 9.19. The molecule has 2 unspecified atom stereocenters. The molecule has 4 nitrogen and oxygen atoms in total. The van der Waals surface area contributed by atoms with Gasteiger partial charge in [-0.15, -0.1) is 0 Å². The van der Waals surface area contributed by atoms with E-state index in [9.17, 15) is 4.79 Å². The van der Waals surface area contributed by atoms with E-state index < -0.39 is 0 Å². The molecule has 1 aromatic carbocycles. The van der Waals surface area contributed by atoms with Gasteiger partial charge in [0.05, 0.1) is 6.04 Å². The molecule has 4 heteroatoms. The van der Waals surface area contributed by atoms with Crippen molar-refractivity contribution in [2.24, 2.45) is 0 Å². The van der Waals surface area contributed by atoms with E-state index in [2.05, 4.69) is 55.4 Å². The number of nitrogens with zero attached hydrogens (tertiary/aromatic N) is 2. The van der Waals surface area contributed by atoms with E-state index in [0.29, 0.717) is 12.1 Å². The number of carbonyl (C=O) groups excluding carboxylic acids is 1. The largest absolute Gasteiger partial charge is 0.338 e. The molecule has 0 bridgehead atoms. The van der Waals surface area contributed by atoms with Crippen molar-refractivity contribution in [3.05, 3.63) is 35.4 Å². The number of hydrogen-bond donors (Lipinski definition) is 1. The van der Waals surface area contributed by atoms with Crippen LogP contribution in [0.5, 0.6) is 0 Å². The summed E-state index contributed by atoms with van der Waals surface area (Å²) in [6.07, 6.45) is 0.810. The Hall–Kier alpha value is -1.39. The van der Waals surface area contributed by atoms with E-state index in [-0.39, 0.29) is 11.9 Å². The molecule has 0 spiro atoms. The minimum absolute atomic E-state index is 0.0669. The molecule has 0 saturated carbocycles. The third-order valence-corrected chi connectivity index (χ3v) is 5.05. The maximum atomic E-state index is 12.8. The fraction of sp³-hybridized carbons (Fsp3) is 0.588. The molecule has 21 heavy (non-hydrogen) atoms. The first-order valence-corrected chi connectivity index (χ1v) is 7.87. The van der Waals surface area contributed by atoms with Crippen LogP contribution in [0, 0.1) is 0 Å². The Balaban J connectivity index is 1.69. The van der Waals surface area contributed by atoms with E-state index in [1.807, 2.05) is 4.90 Å². The van der Waals surface area contributed by atoms with Crippen molar-refractivity contribution in [3.63, 3.8) is 0 Å². The quantitative estimate of drug-likeness (QED) is 0.844. The van der Waals surface area contributed by atoms with Crippen LogP contribution in [0.1, 0.15) is 25.0 Å². The first-order valence-electron chi connectivity index (χ1n) is 7.87. The Bertz CT molecular complexity index is 519. The molecule has 0 aromatic heterocycles. The zero-order chi connectivity index (χ0) is 15.0. The van der Waals surface area contributed by atoms with E-state index in [0.717, 1.165) is 26.1 Å². The van der Waals surface area contributed by atoms with Gasteiger partial charge >= 0.3 is 0 Å². The van der Waals surface area contributed by atoms with Gasteiger partial charge in [0.2, 0.25) is 5.91 Å². The maximum absolute atomic E-state index is 12.8. The van der Waals surface area contributed by atoms with E-state index >= 15 is 0 Å². The number of fused-ring (bicyclic) bond motifs is 1. The Morgan fingerprint density at radius 1 is 1.14 bits per heavy atom. The first-order chi connectivity index (χ1) is 10.1. The minimum atomic E-state index is -0.0669. The number of hydrogen-bond acceptors (Lipinski definition) is 3. The molecular weight excluding hydrogens is 262 g/mol. The van der Waals surface area contributed by atoms with Gasteiger partial charge in [-0.3, -0.25) is 9.69 Å². The normalized spacial score (nSPS) is 30.0. The van der Waals surface area contributed by atoms with Gasteiger partial charge in [-0.2, -0.15) is 0 Å². The van der Waals surface area contributed by atoms with Crippen LogP contribution in [0.25, 0.3) is 0 Å². The number of piperazine rings is 1. The number of likely N-dealkylation sites (N-methyl/N-ethyl adjacent to an activating group) is 1. The van der Waals surface area contributed by atoms with Gasteiger partial charge in [0.25, 0.3) is 0 Å². The summed E-state index contributed by atoms with van der Waals surface area (Å²) in [5, 5.41) is 3.41. The monoisotopic (exact) mass is 287 g/mol. The summed E-state index contributed by atoms with van der Waals surface area (Å²) in [5.41, 5.74) is 2.63. The van der Waals surface area contributed by atoms with Gasteiger partial charge in [0.15, 0.2) is 0 Å². The SMILES string of the molecule is CC1CN(C(=O)[C@@H]2Cc3ccccc3CN2)CC(C)N1C. The fourth-order valence-corrected chi connectivity index (χ4v) is 3.43. The highest BCUT2D eigenvalue weighted by molar-refractivity contribution is 5.82. The zero-order valence-electron chi connectivity index (χ0n) is 13.2. The van der Waals surface area contributed by atoms with Crippen molar-refractivity contribution in [1.29, 1.82) is 0 Å². The van der Waals surface area contributed by atoms with Gasteiger partial charge in [-0.25, -0.2) is 0 Å². The van der Waals surface area contributed by atoms with E-state index in [1.54, 1.807) is 0 Å². The summed E-state index contributed by atoms with van der Waals surface area (Å²) in [7, 11) is 2.15. The number of amides is 1. The third-order valence-electron chi connectivity index (χ3n) is 5.05. The van der Waals surface area contributed by atoms with Crippen LogP contribution in [0.4, 0.5) is 0 Å². The lowest BCUT2D eigenvalue weighted by molar-refractivity contribution is -0.137. The molecule has 114 valence electrons. The predicted molar refractivity (Wildman–Crippen MR) is 84.0 cm³/mol. The summed E-state index contributed by atoms with van der Waals surface area (Å²) in [6.45, 7) is 6.85. The second kappa shape index (κ2) is 5.78. The summed E-state index contributed by atoms with van der Waals surface area (Å²) >= 11 is 0. The number of rotatable bonds is 1. The molecule has 0 radical (unpaired) electrons. The second-order valence-electron chi connectivity index (χ2n) is 6.51. The van der Waals surface area contributed by atoms with Crippen LogP contribution < -0.4 is 5.32 Å². The van der Waals surface area contributed by atoms with Crippen molar-refractivity contribution in [1.82, 2.24) is 15.1 Å². The molecule has 3 atom stereocenters. The molecular formula is C17H25N3O. The van der Waals surface area contributed by atoms with Crippen LogP contribution in [0.3, 0.4) is 0 Å². The highest BCUT2D eigenvalue weighted by Gasteiger charge is 2.33. The van der Waals surface area contributed by atoms with Crippen molar-refractivity contribution >= 4 is 5.91 Å². The second-order valence-corrected chi connectivity index (χ2v) is 6.51. The van der Waals surface area contributed by atoms with Crippen LogP contribution in [0.15, 0.2) is 24.3 Å². The van der Waals surface area contributed by atoms with Crippen molar-refractivity contribution in [2.45, 2.75) is 44.9 Å². The average Bonchev–Trinajstić information content (AvgIpc) is 2.51. The minimum Gasteiger partial charge on any atom is -0.338 e. The summed E-state index contributed by atoms with van der Waals surface area (Å²) < 4.78 is 0. The van der Waals surface area contributed by atoms with Crippen LogP contribution in [-0.2, 0) is 17.8 Å². The molecule has 2 aliphatic heterocycles. The predicted octanol–water partition coefficient (Wildman–Crippen LogP) is 1.25. The fourth-order valence-electron chi connectivity index (χ4n) is 3.43. The lowest BCUT2D eigenvalue weighted by atomic mass is 9.94. The first kappa shape index (κ1) is 14.5. The highest BCUT2D eigenvalue weighted by atomic mass is 16.2. The molecule has 2 aliphatic rings. The Labute approximate surface area is 127 Å². The maximum Gasteiger partial charge on any atom is 0.240 e. The Morgan fingerprint density at radius 3 is 2.43 bits per heavy atom. The molecule has 1 fully saturated rings. The standard InChI is InChI=1S/C17H25N3O/c1-12-10-20(11-13(2)19(12)3)17(21)16-8-14-6-4-5-7-15(14)9-18-16/h4-7,12-13,16,18H,8-11H2,1-3H3/t12?,13?,16-/m0/s1. The molecule has 1 aromatic rings. The van der Waals surface area contributed by atoms with Crippen molar-refractivity contribution < 1.29 is 4.79 Å². The van der Waals surface area contributed by atoms with Crippen molar-refractivity contribution in [2.75, 3.05) is 20.1 Å². The van der Waals surface area contributed by atoms with Gasteiger partial charge < -0.3 is 10.2 Å². The highest BCUT2D eigenvalue weighted by Crippen LogP contribution is 2.20. The number of benzene rings is 1. The van der Waals surface area contributed by atoms with Crippen LogP contribution in [0.2, 0.25) is 0 Å². The zero-order valence-corrected chi connectivity index (χ0v) is 13.2. The van der Waals surface area contributed by atoms with Crippen molar-refractivity contribution in [3.8, 4) is 0 Å². The lowest BCUT2D eigenvalue weighted by Crippen LogP contribution is -2.60. The molecule has 3 rings (SSSR count). The molecule has 0 aliphatic carbocycles. The molecule has 1 amide bonds. The third kappa shape index (κ3) is 2.83. The molecule has 1 N–H and O–H groups in total. The smallest absolute Gasteiger partial charge is 0.240 e. The van der Waals surface area contributed by atoms with Gasteiger partial charge in [0, 0.05) is 31.7 Å². The number of carbonyl (C=O) groups is 1. The number of nitrogens with one attached hydrogen (secondary N) is 1. The summed E-state index contributed by atoms with van der Waals surface area (Å²) in [5.74, 6) is 0.260. The molecule has 1 saturated heterocycles. The molecule has 2 heterocycles. The lowest BCUT2D eigenvalue weighted by Gasteiger charge is -2.43. The van der Waals surface area contributed by atoms with Gasteiger partial charge in [-0.05, 0) is 38.4 Å². The van der Waals surface area contributed by atoms with E-state index in [1.165, 1.54) is 11.1 Å². The Kier molecular flexibility index (Phi) is 4.00. The van der Waals surface area contributed by atoms with Gasteiger partial charge in [-0.1, -0.05) is 24.3 Å². The van der Waals surface area contributed by atoms with Crippen LogP contribution >= 0.6 is 0 Å². The topological polar surface area (TPSA) is 35.6 Å².